The second-order valence-electron chi connectivity index (χ2n) is 9.95. The van der Waals surface area contributed by atoms with Gasteiger partial charge in [-0.3, -0.25) is 20.0 Å². The molecule has 184 valence electrons. The lowest BCUT2D eigenvalue weighted by atomic mass is 10.1. The van der Waals surface area contributed by atoms with Crippen molar-refractivity contribution in [2.24, 2.45) is 0 Å². The number of nitrogens with zero attached hydrogens (tertiary/aromatic N) is 6. The maximum absolute atomic E-state index is 4.73. The number of rotatable bonds is 5. The van der Waals surface area contributed by atoms with Crippen molar-refractivity contribution in [3.8, 4) is 28.3 Å². The fourth-order valence-electron chi connectivity index (χ4n) is 5.41. The molecule has 0 bridgehead atoms. The minimum absolute atomic E-state index is 0.875. The molecule has 37 heavy (non-hydrogen) atoms. The molecule has 0 radical (unpaired) electrons. The number of likely N-dealkylation sites (tertiary alicyclic amines) is 1. The molecule has 0 aliphatic carbocycles. The van der Waals surface area contributed by atoms with Crippen molar-refractivity contribution >= 4 is 21.8 Å². The molecule has 2 N–H and O–H groups in total. The van der Waals surface area contributed by atoms with Crippen molar-refractivity contribution in [3.05, 3.63) is 78.8 Å². The summed E-state index contributed by atoms with van der Waals surface area (Å²) in [6, 6.07) is 12.8. The highest BCUT2D eigenvalue weighted by atomic mass is 15.1. The summed E-state index contributed by atoms with van der Waals surface area (Å²) >= 11 is 0. The van der Waals surface area contributed by atoms with Crippen LogP contribution in [0, 0.1) is 6.92 Å². The fraction of sp³-hybridized carbons (Fsp3) is 0.241. The summed E-state index contributed by atoms with van der Waals surface area (Å²) in [5.74, 6) is 0. The van der Waals surface area contributed by atoms with E-state index in [0.717, 1.165) is 62.4 Å². The van der Waals surface area contributed by atoms with Crippen molar-refractivity contribution < 1.29 is 0 Å². The number of H-pyrrole nitrogens is 2. The first-order valence-corrected chi connectivity index (χ1v) is 12.9. The first-order chi connectivity index (χ1) is 18.2. The Bertz CT molecular complexity index is 1720. The van der Waals surface area contributed by atoms with Crippen LogP contribution in [0.15, 0.2) is 67.5 Å². The Labute approximate surface area is 214 Å². The van der Waals surface area contributed by atoms with Crippen LogP contribution in [0.4, 0.5) is 0 Å². The maximum Gasteiger partial charge on any atom is 0.116 e. The van der Waals surface area contributed by atoms with Crippen LogP contribution in [0.3, 0.4) is 0 Å². The lowest BCUT2D eigenvalue weighted by Crippen LogP contribution is -2.29. The van der Waals surface area contributed by atoms with Gasteiger partial charge in [-0.25, -0.2) is 4.98 Å². The molecule has 1 aliphatic rings. The Morgan fingerprint density at radius 2 is 1.84 bits per heavy atom. The molecule has 0 spiro atoms. The maximum atomic E-state index is 4.73. The molecule has 1 fully saturated rings. The molecule has 8 heteroatoms. The van der Waals surface area contributed by atoms with Crippen molar-refractivity contribution in [2.75, 3.05) is 13.1 Å². The number of hydrogen-bond acceptors (Lipinski definition) is 5. The Hall–Kier alpha value is -4.30. The second kappa shape index (κ2) is 8.97. The van der Waals surface area contributed by atoms with Crippen LogP contribution < -0.4 is 0 Å². The molecular formula is C29H28N8. The standard InChI is InChI=1S/C29H28N8/c1-19-16-37(18-32-19)28-7-5-6-24-22(28)11-26(33-24)29-23-12-25(31-15-27(23)34-35-29)21-10-20(13-30-14-21)17-36-8-3-2-4-9-36/h5-7,10-16,18,33H,2-4,8-9,17H2,1H3,(H,34,35). The van der Waals surface area contributed by atoms with Crippen LogP contribution in [0.2, 0.25) is 0 Å². The second-order valence-corrected chi connectivity index (χ2v) is 9.95. The highest BCUT2D eigenvalue weighted by molar-refractivity contribution is 5.98. The molecular weight excluding hydrogens is 460 g/mol. The molecule has 1 saturated heterocycles. The van der Waals surface area contributed by atoms with Crippen molar-refractivity contribution in [1.82, 2.24) is 39.6 Å². The minimum atomic E-state index is 0.875. The summed E-state index contributed by atoms with van der Waals surface area (Å²) in [6.45, 7) is 5.27. The lowest BCUT2D eigenvalue weighted by Gasteiger charge is -2.26. The zero-order valence-corrected chi connectivity index (χ0v) is 20.8. The predicted molar refractivity (Wildman–Crippen MR) is 145 cm³/mol. The quantitative estimate of drug-likeness (QED) is 0.327. The molecule has 6 aromatic rings. The summed E-state index contributed by atoms with van der Waals surface area (Å²) in [6.07, 6.45) is 13.5. The van der Waals surface area contributed by atoms with Crippen molar-refractivity contribution in [2.45, 2.75) is 32.7 Å². The van der Waals surface area contributed by atoms with Gasteiger partial charge in [-0.15, -0.1) is 0 Å². The van der Waals surface area contributed by atoms with Crippen LogP contribution in [-0.2, 0) is 6.54 Å². The number of aryl methyl sites for hydroxylation is 1. The Kier molecular flexibility index (Phi) is 5.32. The molecule has 0 atom stereocenters. The number of fused-ring (bicyclic) bond motifs is 2. The van der Waals surface area contributed by atoms with Gasteiger partial charge in [-0.05, 0) is 68.8 Å². The SMILES string of the molecule is Cc1cn(-c2cccc3[nH]c(-c4n[nH]c5cnc(-c6cncc(CN7CCCCC7)c6)cc45)cc23)cn1. The van der Waals surface area contributed by atoms with Gasteiger partial charge >= 0.3 is 0 Å². The van der Waals surface area contributed by atoms with Crippen LogP contribution in [-0.4, -0.2) is 52.7 Å². The van der Waals surface area contributed by atoms with E-state index in [4.69, 9.17) is 4.98 Å². The van der Waals surface area contributed by atoms with Crippen molar-refractivity contribution in [3.63, 3.8) is 0 Å². The zero-order valence-electron chi connectivity index (χ0n) is 20.8. The van der Waals surface area contributed by atoms with E-state index in [0.29, 0.717) is 0 Å². The monoisotopic (exact) mass is 488 g/mol. The number of nitrogens with one attached hydrogen (secondary N) is 2. The van der Waals surface area contributed by atoms with E-state index in [1.54, 1.807) is 0 Å². The number of aromatic nitrogens is 7. The molecule has 0 unspecified atom stereocenters. The topological polar surface area (TPSA) is 91.3 Å². The van der Waals surface area contributed by atoms with Crippen LogP contribution in [0.5, 0.6) is 0 Å². The lowest BCUT2D eigenvalue weighted by molar-refractivity contribution is 0.220. The third-order valence-corrected chi connectivity index (χ3v) is 7.28. The van der Waals surface area contributed by atoms with Gasteiger partial charge in [-0.1, -0.05) is 12.5 Å². The Morgan fingerprint density at radius 1 is 0.919 bits per heavy atom. The summed E-state index contributed by atoms with van der Waals surface area (Å²) in [5, 5.41) is 9.96. The van der Waals surface area contributed by atoms with E-state index in [1.807, 2.05) is 38.0 Å². The summed E-state index contributed by atoms with van der Waals surface area (Å²) in [4.78, 5) is 19.7. The number of hydrogen-bond donors (Lipinski definition) is 2. The molecule has 8 nitrogen and oxygen atoms in total. The first kappa shape index (κ1) is 21.9. The van der Waals surface area contributed by atoms with E-state index < -0.39 is 0 Å². The average molecular weight is 489 g/mol. The molecule has 6 heterocycles. The number of pyridine rings is 2. The van der Waals surface area contributed by atoms with Gasteiger partial charge in [-0.2, -0.15) is 5.10 Å². The van der Waals surface area contributed by atoms with Gasteiger partial charge in [0, 0.05) is 47.0 Å². The molecule has 0 amide bonds. The summed E-state index contributed by atoms with van der Waals surface area (Å²) in [7, 11) is 0. The highest BCUT2D eigenvalue weighted by Crippen LogP contribution is 2.33. The normalized spacial score (nSPS) is 14.6. The molecule has 1 aliphatic heterocycles. The first-order valence-electron chi connectivity index (χ1n) is 12.9. The third-order valence-electron chi connectivity index (χ3n) is 7.28. The Balaban J connectivity index is 1.26. The van der Waals surface area contributed by atoms with Gasteiger partial charge in [0.05, 0.1) is 40.8 Å². The number of imidazole rings is 1. The van der Waals surface area contributed by atoms with Crippen LogP contribution in [0.1, 0.15) is 30.5 Å². The molecule has 7 rings (SSSR count). The van der Waals surface area contributed by atoms with Gasteiger partial charge in [0.2, 0.25) is 0 Å². The Morgan fingerprint density at radius 3 is 2.70 bits per heavy atom. The van der Waals surface area contributed by atoms with Gasteiger partial charge < -0.3 is 9.55 Å². The largest absolute Gasteiger partial charge is 0.353 e. The number of piperidine rings is 1. The van der Waals surface area contributed by atoms with Crippen molar-refractivity contribution in [1.29, 1.82) is 0 Å². The summed E-state index contributed by atoms with van der Waals surface area (Å²) in [5.41, 5.74) is 9.01. The average Bonchev–Trinajstić information content (AvgIpc) is 3.66. The molecule has 1 aromatic carbocycles. The highest BCUT2D eigenvalue weighted by Gasteiger charge is 2.16. The van der Waals surface area contributed by atoms with E-state index in [9.17, 15) is 0 Å². The molecule has 5 aromatic heterocycles. The smallest absolute Gasteiger partial charge is 0.116 e. The zero-order chi connectivity index (χ0) is 24.8. The third kappa shape index (κ3) is 4.09. The van der Waals surface area contributed by atoms with E-state index in [2.05, 4.69) is 71.0 Å². The van der Waals surface area contributed by atoms with Crippen LogP contribution >= 0.6 is 0 Å². The minimum Gasteiger partial charge on any atom is -0.353 e. The van der Waals surface area contributed by atoms with E-state index in [-0.39, 0.29) is 0 Å². The van der Waals surface area contributed by atoms with Crippen LogP contribution in [0.25, 0.3) is 50.1 Å². The fourth-order valence-corrected chi connectivity index (χ4v) is 5.41. The van der Waals surface area contributed by atoms with Gasteiger partial charge in [0.15, 0.2) is 0 Å². The predicted octanol–water partition coefficient (Wildman–Crippen LogP) is 5.65. The van der Waals surface area contributed by atoms with Gasteiger partial charge in [0.1, 0.15) is 5.69 Å². The van der Waals surface area contributed by atoms with E-state index >= 15 is 0 Å². The van der Waals surface area contributed by atoms with E-state index in [1.165, 1.54) is 37.9 Å². The number of benzene rings is 1. The summed E-state index contributed by atoms with van der Waals surface area (Å²) < 4.78 is 2.06. The van der Waals surface area contributed by atoms with Gasteiger partial charge in [0.25, 0.3) is 0 Å². The molecule has 0 saturated carbocycles. The number of aromatic amines is 2.